The average Bonchev–Trinajstić information content (AvgIpc) is 3.67. The molecule has 228 valence electrons. The molecule has 0 bridgehead atoms. The van der Waals surface area contributed by atoms with Crippen LogP contribution in [-0.4, -0.2) is 77.8 Å². The minimum atomic E-state index is -3.64. The zero-order chi connectivity index (χ0) is 30.2. The maximum Gasteiger partial charge on any atom is 0.229 e. The van der Waals surface area contributed by atoms with Crippen LogP contribution < -0.4 is 15.4 Å². The van der Waals surface area contributed by atoms with Crippen LogP contribution in [0.25, 0.3) is 0 Å². The van der Waals surface area contributed by atoms with E-state index >= 15 is 0 Å². The zero-order valence-electron chi connectivity index (χ0n) is 25.0. The van der Waals surface area contributed by atoms with Crippen LogP contribution in [0.15, 0.2) is 29.6 Å². The molecule has 13 heteroatoms. The number of nitrogens with zero attached hydrogens (tertiary/aromatic N) is 5. The lowest BCUT2D eigenvalue weighted by Crippen LogP contribution is -2.41. The molecule has 5 rings (SSSR count). The number of nitrogens with one attached hydrogen (secondary N) is 2. The Kier molecular flexibility index (Phi) is 8.98. The first kappa shape index (κ1) is 30.5. The highest BCUT2D eigenvalue weighted by Gasteiger charge is 2.31. The van der Waals surface area contributed by atoms with E-state index in [1.54, 1.807) is 34.2 Å². The molecule has 2 aromatic heterocycles. The summed E-state index contributed by atoms with van der Waals surface area (Å²) in [6.07, 6.45) is 7.43. The van der Waals surface area contributed by atoms with Crippen molar-refractivity contribution in [3.05, 3.63) is 40.7 Å². The van der Waals surface area contributed by atoms with Crippen molar-refractivity contribution in [3.8, 4) is 5.75 Å². The second kappa shape index (κ2) is 12.4. The summed E-state index contributed by atoms with van der Waals surface area (Å²) in [6.45, 7) is 7.09. The Morgan fingerprint density at radius 2 is 1.90 bits per heavy atom. The summed E-state index contributed by atoms with van der Waals surface area (Å²) in [5.74, 6) is 1.74. The molecule has 1 aliphatic heterocycles. The number of benzene rings is 1. The predicted octanol–water partition coefficient (Wildman–Crippen LogP) is 5.21. The van der Waals surface area contributed by atoms with Gasteiger partial charge >= 0.3 is 0 Å². The predicted molar refractivity (Wildman–Crippen MR) is 164 cm³/mol. The highest BCUT2D eigenvalue weighted by Crippen LogP contribution is 2.41. The molecule has 1 saturated heterocycles. The number of hydrogen-bond acceptors (Lipinski definition) is 10. The highest BCUT2D eigenvalue weighted by molar-refractivity contribution is 7.92. The smallest absolute Gasteiger partial charge is 0.229 e. The number of piperidine rings is 1. The molecule has 2 unspecified atom stereocenters. The first-order chi connectivity index (χ1) is 20.0. The Bertz CT molecular complexity index is 1540. The molecule has 1 saturated carbocycles. The molecular weight excluding hydrogens is 578 g/mol. The number of hydrogen-bond donors (Lipinski definition) is 2. The Labute approximate surface area is 252 Å². The van der Waals surface area contributed by atoms with E-state index in [-0.39, 0.29) is 22.0 Å². The molecule has 1 aromatic carbocycles. The van der Waals surface area contributed by atoms with Gasteiger partial charge in [0.15, 0.2) is 5.82 Å². The number of methoxy groups -OCH3 is 1. The Hall–Kier alpha value is -2.93. The van der Waals surface area contributed by atoms with Crippen molar-refractivity contribution in [3.63, 3.8) is 0 Å². The monoisotopic (exact) mass is 617 g/mol. The largest absolute Gasteiger partial charge is 0.488 e. The highest BCUT2D eigenvalue weighted by atomic mass is 35.5. The van der Waals surface area contributed by atoms with Gasteiger partial charge in [0.1, 0.15) is 10.8 Å². The standard InChI is InChI=1S/C29H40ClN7O4S/c1-17(2)42(38,39)28-25(15-37(5)35-28)32-27-23(30)14-31-29(34-27)33-24-11-18(3)22(13-26(24)41-21-7-8-21)19-9-10-36(4)20(12-19)16-40-6/h11,13-15,17,19-21H,7-10,12,16H2,1-6H3,(H2,31,32,33,34). The number of aromatic nitrogens is 4. The van der Waals surface area contributed by atoms with Crippen LogP contribution >= 0.6 is 11.6 Å². The minimum Gasteiger partial charge on any atom is -0.488 e. The SMILES string of the molecule is COCC1CC(c2cc(OC3CC3)c(Nc3ncc(Cl)c(Nc4cn(C)nc4S(=O)(=O)C(C)C)n3)cc2C)CCN1C. The minimum absolute atomic E-state index is 0.0582. The molecule has 0 radical (unpaired) electrons. The molecule has 2 N–H and O–H groups in total. The topological polar surface area (TPSA) is 124 Å². The number of aryl methyl sites for hydroxylation is 2. The molecule has 2 aliphatic rings. The van der Waals surface area contributed by atoms with Crippen LogP contribution in [0.3, 0.4) is 0 Å². The van der Waals surface area contributed by atoms with Gasteiger partial charge in [-0.1, -0.05) is 11.6 Å². The van der Waals surface area contributed by atoms with Gasteiger partial charge in [-0.2, -0.15) is 10.1 Å². The van der Waals surface area contributed by atoms with Crippen LogP contribution in [0.5, 0.6) is 5.75 Å². The molecule has 0 amide bonds. The van der Waals surface area contributed by atoms with Crippen molar-refractivity contribution in [1.82, 2.24) is 24.6 Å². The third kappa shape index (κ3) is 6.66. The summed E-state index contributed by atoms with van der Waals surface area (Å²) in [7, 11) is 1.94. The van der Waals surface area contributed by atoms with Gasteiger partial charge in [0.25, 0.3) is 0 Å². The van der Waals surface area contributed by atoms with Gasteiger partial charge in [-0.05, 0) is 89.2 Å². The Morgan fingerprint density at radius 1 is 1.14 bits per heavy atom. The van der Waals surface area contributed by atoms with Crippen LogP contribution in [0.4, 0.5) is 23.1 Å². The van der Waals surface area contributed by atoms with Gasteiger partial charge in [-0.25, -0.2) is 13.4 Å². The van der Waals surface area contributed by atoms with E-state index in [1.165, 1.54) is 16.4 Å². The summed E-state index contributed by atoms with van der Waals surface area (Å²) in [5, 5.41) is 10.1. The number of halogens is 1. The van der Waals surface area contributed by atoms with Crippen molar-refractivity contribution in [1.29, 1.82) is 0 Å². The number of rotatable bonds is 11. The lowest BCUT2D eigenvalue weighted by atomic mass is 9.83. The third-order valence-corrected chi connectivity index (χ3v) is 10.3. The van der Waals surface area contributed by atoms with E-state index in [0.717, 1.165) is 49.2 Å². The second-order valence-electron chi connectivity index (χ2n) is 11.6. The summed E-state index contributed by atoms with van der Waals surface area (Å²) >= 11 is 6.44. The van der Waals surface area contributed by atoms with Crippen molar-refractivity contribution >= 4 is 44.6 Å². The molecule has 2 fully saturated rings. The van der Waals surface area contributed by atoms with Crippen molar-refractivity contribution in [2.24, 2.45) is 7.05 Å². The van der Waals surface area contributed by atoms with Crippen LogP contribution in [0.1, 0.15) is 56.6 Å². The van der Waals surface area contributed by atoms with Gasteiger partial charge in [-0.15, -0.1) is 0 Å². The molecule has 11 nitrogen and oxygen atoms in total. The van der Waals surface area contributed by atoms with E-state index < -0.39 is 15.1 Å². The van der Waals surface area contributed by atoms with Crippen molar-refractivity contribution < 1.29 is 17.9 Å². The second-order valence-corrected chi connectivity index (χ2v) is 14.4. The first-order valence-corrected chi connectivity index (χ1v) is 16.2. The molecular formula is C29H40ClN7O4S. The summed E-state index contributed by atoms with van der Waals surface area (Å²) in [5.41, 5.74) is 3.51. The summed E-state index contributed by atoms with van der Waals surface area (Å²) < 4.78 is 39.1. The Balaban J connectivity index is 1.43. The van der Waals surface area contributed by atoms with E-state index in [9.17, 15) is 8.42 Å². The number of likely N-dealkylation sites (tertiary alicyclic amines) is 1. The van der Waals surface area contributed by atoms with Crippen LogP contribution in [-0.2, 0) is 21.6 Å². The lowest BCUT2D eigenvalue weighted by Gasteiger charge is -2.37. The molecule has 42 heavy (non-hydrogen) atoms. The van der Waals surface area contributed by atoms with Gasteiger partial charge in [0.2, 0.25) is 20.8 Å². The van der Waals surface area contributed by atoms with Crippen molar-refractivity contribution in [2.75, 3.05) is 37.9 Å². The van der Waals surface area contributed by atoms with E-state index in [0.29, 0.717) is 30.2 Å². The number of likely N-dealkylation sites (N-methyl/N-ethyl adjacent to an activating group) is 1. The summed E-state index contributed by atoms with van der Waals surface area (Å²) in [6, 6.07) is 4.64. The fourth-order valence-corrected chi connectivity index (χ4v) is 6.53. The molecule has 1 aliphatic carbocycles. The van der Waals surface area contributed by atoms with Crippen LogP contribution in [0, 0.1) is 6.92 Å². The van der Waals surface area contributed by atoms with Gasteiger partial charge in [-0.3, -0.25) is 4.68 Å². The van der Waals surface area contributed by atoms with Crippen LogP contribution in [0.2, 0.25) is 5.02 Å². The zero-order valence-corrected chi connectivity index (χ0v) is 26.6. The van der Waals surface area contributed by atoms with E-state index in [2.05, 4.69) is 56.7 Å². The summed E-state index contributed by atoms with van der Waals surface area (Å²) in [4.78, 5) is 11.4. The average molecular weight is 618 g/mol. The quantitative estimate of drug-likeness (QED) is 0.296. The van der Waals surface area contributed by atoms with Gasteiger partial charge in [0.05, 0.1) is 35.5 Å². The normalized spacial score (nSPS) is 19.7. The molecule has 3 aromatic rings. The maximum absolute atomic E-state index is 12.9. The van der Waals surface area contributed by atoms with Gasteiger partial charge in [0, 0.05) is 26.4 Å². The molecule has 2 atom stereocenters. The lowest BCUT2D eigenvalue weighted by molar-refractivity contribution is 0.0750. The molecule has 0 spiro atoms. The van der Waals surface area contributed by atoms with E-state index in [1.807, 2.05) is 0 Å². The third-order valence-electron chi connectivity index (χ3n) is 7.92. The first-order valence-electron chi connectivity index (χ1n) is 14.3. The fourth-order valence-electron chi connectivity index (χ4n) is 5.29. The van der Waals surface area contributed by atoms with E-state index in [4.69, 9.17) is 21.1 Å². The fraction of sp³-hybridized carbons (Fsp3) is 0.552. The number of ether oxygens (including phenoxy) is 2. The van der Waals surface area contributed by atoms with Gasteiger partial charge < -0.3 is 25.0 Å². The van der Waals surface area contributed by atoms with Crippen molar-refractivity contribution in [2.45, 2.75) is 74.8 Å². The molecule has 3 heterocycles. The number of anilines is 4. The number of sulfone groups is 1. The maximum atomic E-state index is 12.9. The Morgan fingerprint density at radius 3 is 2.60 bits per heavy atom.